The van der Waals surface area contributed by atoms with Crippen LogP contribution >= 0.6 is 0 Å². The van der Waals surface area contributed by atoms with Crippen molar-refractivity contribution in [3.8, 4) is 0 Å². The van der Waals surface area contributed by atoms with E-state index in [0.717, 1.165) is 19.3 Å². The molecule has 28 heavy (non-hydrogen) atoms. The fourth-order valence-electron chi connectivity index (χ4n) is 3.00. The minimum Gasteiger partial charge on any atom is -0.481 e. The van der Waals surface area contributed by atoms with Crippen LogP contribution in [0.3, 0.4) is 0 Å². The lowest BCUT2D eigenvalue weighted by Crippen LogP contribution is -2.44. The van der Waals surface area contributed by atoms with E-state index in [4.69, 9.17) is 10.2 Å². The van der Waals surface area contributed by atoms with Gasteiger partial charge in [0.1, 0.15) is 6.04 Å². The molecule has 0 aliphatic rings. The fraction of sp³-hybridized carbons (Fsp3) is 0.810. The summed E-state index contributed by atoms with van der Waals surface area (Å²) in [6, 6.07) is -1.35. The van der Waals surface area contributed by atoms with Gasteiger partial charge in [0.25, 0.3) is 5.91 Å². The average Bonchev–Trinajstić information content (AvgIpc) is 2.65. The highest BCUT2D eigenvalue weighted by Crippen LogP contribution is 2.12. The van der Waals surface area contributed by atoms with Crippen molar-refractivity contribution >= 4 is 23.6 Å². The second-order valence-corrected chi connectivity index (χ2v) is 7.36. The Hall–Kier alpha value is -1.92. The number of carboxylic acid groups (broad SMARTS) is 2. The van der Waals surface area contributed by atoms with Gasteiger partial charge in [-0.15, -0.1) is 0 Å². The van der Waals surface area contributed by atoms with E-state index in [1.165, 1.54) is 51.4 Å². The average molecular weight is 400 g/mol. The Morgan fingerprint density at radius 3 is 1.61 bits per heavy atom. The van der Waals surface area contributed by atoms with Crippen LogP contribution in [0.5, 0.6) is 0 Å². The van der Waals surface area contributed by atoms with Crippen LogP contribution in [0.4, 0.5) is 0 Å². The van der Waals surface area contributed by atoms with Crippen LogP contribution in [-0.2, 0) is 19.2 Å². The molecule has 0 aromatic carbocycles. The van der Waals surface area contributed by atoms with Crippen LogP contribution in [0.15, 0.2) is 0 Å². The standard InChI is InChI=1S/C21H37NO6/c1-2-3-4-5-6-7-8-9-10-11-12-13-14-18(23)20(26)22-17(21(27)28)15-16-19(24)25/h17H,2-16H2,1H3,(H,22,26)(H,24,25)(H,27,28)/t17-/m0/s1. The predicted molar refractivity (Wildman–Crippen MR) is 107 cm³/mol. The van der Waals surface area contributed by atoms with Gasteiger partial charge in [-0.3, -0.25) is 14.4 Å². The summed E-state index contributed by atoms with van der Waals surface area (Å²) in [4.78, 5) is 45.1. The van der Waals surface area contributed by atoms with Crippen molar-refractivity contribution in [1.29, 1.82) is 0 Å². The number of Topliss-reactive ketones (excluding diaryl/α,β-unsaturated/α-hetero) is 1. The van der Waals surface area contributed by atoms with Crippen molar-refractivity contribution in [1.82, 2.24) is 5.32 Å². The third-order valence-electron chi connectivity index (χ3n) is 4.76. The lowest BCUT2D eigenvalue weighted by Gasteiger charge is -2.12. The van der Waals surface area contributed by atoms with Crippen molar-refractivity contribution in [2.24, 2.45) is 0 Å². The Morgan fingerprint density at radius 2 is 1.18 bits per heavy atom. The highest BCUT2D eigenvalue weighted by Gasteiger charge is 2.23. The quantitative estimate of drug-likeness (QED) is 0.222. The summed E-state index contributed by atoms with van der Waals surface area (Å²) in [6.07, 6.45) is 13.4. The largest absolute Gasteiger partial charge is 0.481 e. The van der Waals surface area contributed by atoms with Crippen molar-refractivity contribution in [3.63, 3.8) is 0 Å². The first-order valence-electron chi connectivity index (χ1n) is 10.7. The molecule has 0 spiro atoms. The Labute approximate surface area is 168 Å². The summed E-state index contributed by atoms with van der Waals surface area (Å²) < 4.78 is 0. The SMILES string of the molecule is CCCCCCCCCCCCCCC(=O)C(=O)N[C@@H](CCC(=O)O)C(=O)O. The van der Waals surface area contributed by atoms with Crippen LogP contribution in [-0.4, -0.2) is 39.9 Å². The van der Waals surface area contributed by atoms with E-state index in [2.05, 4.69) is 12.2 Å². The molecule has 7 heteroatoms. The molecular formula is C21H37NO6. The molecule has 7 nitrogen and oxygen atoms in total. The number of carbonyl (C=O) groups excluding carboxylic acids is 2. The molecular weight excluding hydrogens is 362 g/mol. The molecule has 1 atom stereocenters. The first-order chi connectivity index (χ1) is 13.4. The molecule has 0 heterocycles. The summed E-state index contributed by atoms with van der Waals surface area (Å²) in [7, 11) is 0. The molecule has 0 fully saturated rings. The maximum absolute atomic E-state index is 11.8. The molecule has 0 unspecified atom stereocenters. The van der Waals surface area contributed by atoms with Gasteiger partial charge in [0.15, 0.2) is 0 Å². The van der Waals surface area contributed by atoms with Crippen molar-refractivity contribution < 1.29 is 29.4 Å². The number of nitrogens with one attached hydrogen (secondary N) is 1. The third-order valence-corrected chi connectivity index (χ3v) is 4.76. The van der Waals surface area contributed by atoms with E-state index in [1.54, 1.807) is 0 Å². The highest BCUT2D eigenvalue weighted by atomic mass is 16.4. The van der Waals surface area contributed by atoms with Gasteiger partial charge in [-0.2, -0.15) is 0 Å². The Bertz CT molecular complexity index is 478. The molecule has 0 bridgehead atoms. The lowest BCUT2D eigenvalue weighted by molar-refractivity contribution is -0.145. The van der Waals surface area contributed by atoms with Crippen LogP contribution in [0.1, 0.15) is 103 Å². The number of unbranched alkanes of at least 4 members (excludes halogenated alkanes) is 11. The van der Waals surface area contributed by atoms with Crippen LogP contribution in [0, 0.1) is 0 Å². The molecule has 0 aromatic heterocycles. The van der Waals surface area contributed by atoms with Gasteiger partial charge in [-0.25, -0.2) is 4.79 Å². The number of carbonyl (C=O) groups is 4. The van der Waals surface area contributed by atoms with E-state index in [0.29, 0.717) is 6.42 Å². The van der Waals surface area contributed by atoms with Gasteiger partial charge in [0.2, 0.25) is 5.78 Å². The van der Waals surface area contributed by atoms with Crippen LogP contribution in [0.2, 0.25) is 0 Å². The van der Waals surface area contributed by atoms with Gasteiger partial charge in [0, 0.05) is 12.8 Å². The van der Waals surface area contributed by atoms with Crippen molar-refractivity contribution in [2.75, 3.05) is 0 Å². The number of hydrogen-bond acceptors (Lipinski definition) is 4. The first-order valence-corrected chi connectivity index (χ1v) is 10.7. The predicted octanol–water partition coefficient (Wildman–Crippen LogP) is 4.08. The summed E-state index contributed by atoms with van der Waals surface area (Å²) >= 11 is 0. The zero-order valence-electron chi connectivity index (χ0n) is 17.2. The van der Waals surface area contributed by atoms with Crippen LogP contribution in [0.25, 0.3) is 0 Å². The second-order valence-electron chi connectivity index (χ2n) is 7.36. The Kier molecular flexibility index (Phi) is 16.0. The number of hydrogen-bond donors (Lipinski definition) is 3. The van der Waals surface area contributed by atoms with Crippen LogP contribution < -0.4 is 5.32 Å². The lowest BCUT2D eigenvalue weighted by atomic mass is 10.0. The molecule has 0 saturated carbocycles. The molecule has 0 radical (unpaired) electrons. The summed E-state index contributed by atoms with van der Waals surface area (Å²) in [6.45, 7) is 2.22. The zero-order valence-corrected chi connectivity index (χ0v) is 17.2. The Balaban J connectivity index is 3.72. The molecule has 3 N–H and O–H groups in total. The fourth-order valence-corrected chi connectivity index (χ4v) is 3.00. The van der Waals surface area contributed by atoms with Gasteiger partial charge >= 0.3 is 11.9 Å². The smallest absolute Gasteiger partial charge is 0.326 e. The number of ketones is 1. The van der Waals surface area contributed by atoms with E-state index in [1.807, 2.05) is 0 Å². The molecule has 0 aliphatic carbocycles. The van der Waals surface area contributed by atoms with Gasteiger partial charge < -0.3 is 15.5 Å². The van der Waals surface area contributed by atoms with E-state index in [9.17, 15) is 19.2 Å². The molecule has 0 aliphatic heterocycles. The molecule has 1 amide bonds. The zero-order chi connectivity index (χ0) is 21.2. The van der Waals surface area contributed by atoms with Gasteiger partial charge in [-0.05, 0) is 12.8 Å². The van der Waals surface area contributed by atoms with Gasteiger partial charge in [0.05, 0.1) is 0 Å². The van der Waals surface area contributed by atoms with Gasteiger partial charge in [-0.1, -0.05) is 77.6 Å². The highest BCUT2D eigenvalue weighted by molar-refractivity contribution is 6.36. The topological polar surface area (TPSA) is 121 Å². The normalized spacial score (nSPS) is 11.8. The number of amides is 1. The summed E-state index contributed by atoms with van der Waals surface area (Å²) in [5.41, 5.74) is 0. The minimum absolute atomic E-state index is 0.0918. The van der Waals surface area contributed by atoms with Crippen molar-refractivity contribution in [2.45, 2.75) is 109 Å². The Morgan fingerprint density at radius 1 is 0.714 bits per heavy atom. The van der Waals surface area contributed by atoms with E-state index in [-0.39, 0.29) is 19.3 Å². The van der Waals surface area contributed by atoms with E-state index < -0.39 is 29.7 Å². The maximum atomic E-state index is 11.8. The minimum atomic E-state index is -1.35. The summed E-state index contributed by atoms with van der Waals surface area (Å²) in [5.74, 6) is -4.08. The summed E-state index contributed by atoms with van der Waals surface area (Å²) in [5, 5.41) is 19.7. The number of rotatable bonds is 19. The number of aliphatic carboxylic acids is 2. The number of carboxylic acids is 2. The molecule has 0 saturated heterocycles. The monoisotopic (exact) mass is 399 g/mol. The maximum Gasteiger partial charge on any atom is 0.326 e. The first kappa shape index (κ1) is 26.1. The molecule has 162 valence electrons. The molecule has 0 rings (SSSR count). The second kappa shape index (κ2) is 17.2. The van der Waals surface area contributed by atoms with Crippen molar-refractivity contribution in [3.05, 3.63) is 0 Å². The third kappa shape index (κ3) is 15.2. The van der Waals surface area contributed by atoms with E-state index >= 15 is 0 Å². The molecule has 0 aromatic rings.